The molecule has 4 rings (SSSR count). The molecule has 2 aromatic carbocycles. The predicted octanol–water partition coefficient (Wildman–Crippen LogP) is 4.24. The molecule has 0 spiro atoms. The van der Waals surface area contributed by atoms with E-state index >= 15 is 0 Å². The van der Waals surface area contributed by atoms with Crippen LogP contribution >= 0.6 is 0 Å². The van der Waals surface area contributed by atoms with Crippen LogP contribution in [0.25, 0.3) is 0 Å². The zero-order valence-electron chi connectivity index (χ0n) is 17.4. The molecule has 154 valence electrons. The minimum absolute atomic E-state index is 0.00556. The number of benzene rings is 2. The third-order valence-corrected chi connectivity index (χ3v) is 5.39. The van der Waals surface area contributed by atoms with Crippen molar-refractivity contribution in [3.63, 3.8) is 0 Å². The van der Waals surface area contributed by atoms with Crippen molar-refractivity contribution in [2.75, 3.05) is 23.3 Å². The standard InChI is InChI=1S/C24H27N5O/c1-17-3-7-19(8-4-17)23(30)27-21-12-15-29(16-13-21)24-25-14-11-22(28-24)26-20-9-5-18(2)6-10-20/h3-11,14,21H,12-13,15-16H2,1-2H3,(H,27,30)(H,25,26,28). The number of amides is 1. The van der Waals surface area contributed by atoms with Crippen LogP contribution in [0.4, 0.5) is 17.5 Å². The highest BCUT2D eigenvalue weighted by Crippen LogP contribution is 2.20. The molecule has 1 fully saturated rings. The maximum Gasteiger partial charge on any atom is 0.251 e. The summed E-state index contributed by atoms with van der Waals surface area (Å²) in [7, 11) is 0. The van der Waals surface area contributed by atoms with Crippen LogP contribution in [0, 0.1) is 13.8 Å². The van der Waals surface area contributed by atoms with Crippen molar-refractivity contribution in [3.05, 3.63) is 77.5 Å². The Morgan fingerprint density at radius 2 is 1.57 bits per heavy atom. The number of hydrogen-bond donors (Lipinski definition) is 2. The Balaban J connectivity index is 1.33. The summed E-state index contributed by atoms with van der Waals surface area (Å²) >= 11 is 0. The van der Waals surface area contributed by atoms with Gasteiger partial charge in [-0.05, 0) is 57.0 Å². The molecule has 6 heteroatoms. The summed E-state index contributed by atoms with van der Waals surface area (Å²) in [5.41, 5.74) is 4.09. The van der Waals surface area contributed by atoms with Crippen molar-refractivity contribution in [1.82, 2.24) is 15.3 Å². The van der Waals surface area contributed by atoms with Crippen molar-refractivity contribution in [2.45, 2.75) is 32.7 Å². The largest absolute Gasteiger partial charge is 0.349 e. The molecule has 0 atom stereocenters. The Bertz CT molecular complexity index is 993. The monoisotopic (exact) mass is 401 g/mol. The van der Waals surface area contributed by atoms with E-state index < -0.39 is 0 Å². The normalized spacial score (nSPS) is 14.4. The van der Waals surface area contributed by atoms with Gasteiger partial charge in [-0.15, -0.1) is 0 Å². The van der Waals surface area contributed by atoms with E-state index in [9.17, 15) is 4.79 Å². The van der Waals surface area contributed by atoms with Gasteiger partial charge in [-0.1, -0.05) is 35.4 Å². The first-order valence-corrected chi connectivity index (χ1v) is 10.4. The van der Waals surface area contributed by atoms with E-state index in [1.165, 1.54) is 5.56 Å². The molecule has 0 unspecified atom stereocenters. The lowest BCUT2D eigenvalue weighted by atomic mass is 10.0. The first kappa shape index (κ1) is 19.9. The zero-order valence-corrected chi connectivity index (χ0v) is 17.4. The third kappa shape index (κ3) is 4.95. The van der Waals surface area contributed by atoms with Crippen molar-refractivity contribution in [2.24, 2.45) is 0 Å². The van der Waals surface area contributed by atoms with Gasteiger partial charge in [0, 0.05) is 36.6 Å². The molecule has 1 amide bonds. The summed E-state index contributed by atoms with van der Waals surface area (Å²) in [6, 6.07) is 17.9. The molecule has 2 heterocycles. The summed E-state index contributed by atoms with van der Waals surface area (Å²) in [5.74, 6) is 1.49. The quantitative estimate of drug-likeness (QED) is 0.669. The molecule has 0 radical (unpaired) electrons. The molecule has 6 nitrogen and oxygen atoms in total. The van der Waals surface area contributed by atoms with E-state index in [2.05, 4.69) is 44.6 Å². The summed E-state index contributed by atoms with van der Waals surface area (Å²) in [6.07, 6.45) is 3.53. The number of hydrogen-bond acceptors (Lipinski definition) is 5. The highest BCUT2D eigenvalue weighted by molar-refractivity contribution is 5.94. The minimum Gasteiger partial charge on any atom is -0.349 e. The SMILES string of the molecule is Cc1ccc(Nc2ccnc(N3CCC(NC(=O)c4ccc(C)cc4)CC3)n2)cc1. The second kappa shape index (κ2) is 8.95. The van der Waals surface area contributed by atoms with Crippen molar-refractivity contribution >= 4 is 23.4 Å². The number of aromatic nitrogens is 2. The number of nitrogens with zero attached hydrogens (tertiary/aromatic N) is 3. The fraction of sp³-hybridized carbons (Fsp3) is 0.292. The van der Waals surface area contributed by atoms with E-state index in [-0.39, 0.29) is 11.9 Å². The highest BCUT2D eigenvalue weighted by atomic mass is 16.1. The van der Waals surface area contributed by atoms with E-state index in [1.807, 2.05) is 49.4 Å². The van der Waals surface area contributed by atoms with Crippen molar-refractivity contribution < 1.29 is 4.79 Å². The van der Waals surface area contributed by atoms with Gasteiger partial charge in [0.1, 0.15) is 5.82 Å². The summed E-state index contributed by atoms with van der Waals surface area (Å²) in [6.45, 7) is 5.71. The number of nitrogens with one attached hydrogen (secondary N) is 2. The molecule has 30 heavy (non-hydrogen) atoms. The lowest BCUT2D eigenvalue weighted by molar-refractivity contribution is 0.0931. The number of aryl methyl sites for hydroxylation is 2. The summed E-state index contributed by atoms with van der Waals surface area (Å²) in [4.78, 5) is 23.8. The van der Waals surface area contributed by atoms with E-state index in [0.29, 0.717) is 5.56 Å². The summed E-state index contributed by atoms with van der Waals surface area (Å²) < 4.78 is 0. The number of anilines is 3. The van der Waals surface area contributed by atoms with Crippen molar-refractivity contribution in [1.29, 1.82) is 0 Å². The van der Waals surface area contributed by atoms with Gasteiger partial charge in [0.05, 0.1) is 0 Å². The first-order valence-electron chi connectivity index (χ1n) is 10.4. The van der Waals surface area contributed by atoms with Gasteiger partial charge in [0.25, 0.3) is 5.91 Å². The van der Waals surface area contributed by atoms with Gasteiger partial charge in [0.15, 0.2) is 0 Å². The lowest BCUT2D eigenvalue weighted by Gasteiger charge is -2.32. The Hall–Kier alpha value is -3.41. The average molecular weight is 402 g/mol. The smallest absolute Gasteiger partial charge is 0.251 e. The van der Waals surface area contributed by atoms with Crippen LogP contribution in [-0.4, -0.2) is 35.0 Å². The zero-order chi connectivity index (χ0) is 20.9. The maximum atomic E-state index is 12.5. The number of rotatable bonds is 5. The topological polar surface area (TPSA) is 70.2 Å². The van der Waals surface area contributed by atoms with E-state index in [0.717, 1.165) is 48.9 Å². The van der Waals surface area contributed by atoms with E-state index in [1.54, 1.807) is 6.20 Å². The van der Waals surface area contributed by atoms with Gasteiger partial charge in [-0.3, -0.25) is 4.79 Å². The van der Waals surface area contributed by atoms with Crippen LogP contribution < -0.4 is 15.5 Å². The number of piperidine rings is 1. The fourth-order valence-corrected chi connectivity index (χ4v) is 3.55. The Kier molecular flexibility index (Phi) is 5.93. The second-order valence-electron chi connectivity index (χ2n) is 7.83. The van der Waals surface area contributed by atoms with Gasteiger partial charge in [-0.2, -0.15) is 4.98 Å². The van der Waals surface area contributed by atoms with E-state index in [4.69, 9.17) is 0 Å². The van der Waals surface area contributed by atoms with Gasteiger partial charge in [0.2, 0.25) is 5.95 Å². The Morgan fingerprint density at radius 1 is 0.933 bits per heavy atom. The molecule has 0 bridgehead atoms. The first-order chi connectivity index (χ1) is 14.6. The lowest BCUT2D eigenvalue weighted by Crippen LogP contribution is -2.45. The average Bonchev–Trinajstić information content (AvgIpc) is 2.76. The van der Waals surface area contributed by atoms with Gasteiger partial charge in [-0.25, -0.2) is 4.98 Å². The molecular weight excluding hydrogens is 374 g/mol. The van der Waals surface area contributed by atoms with Crippen LogP contribution in [0.1, 0.15) is 34.3 Å². The number of carbonyl (C=O) groups is 1. The van der Waals surface area contributed by atoms with Crippen LogP contribution in [0.15, 0.2) is 60.8 Å². The minimum atomic E-state index is -0.00556. The molecular formula is C24H27N5O. The Morgan fingerprint density at radius 3 is 2.23 bits per heavy atom. The number of carbonyl (C=O) groups excluding carboxylic acids is 1. The van der Waals surface area contributed by atoms with Crippen molar-refractivity contribution in [3.8, 4) is 0 Å². The summed E-state index contributed by atoms with van der Waals surface area (Å²) in [5, 5.41) is 6.49. The molecule has 1 saturated heterocycles. The highest BCUT2D eigenvalue weighted by Gasteiger charge is 2.22. The molecule has 3 aromatic rings. The maximum absolute atomic E-state index is 12.5. The van der Waals surface area contributed by atoms with Crippen LogP contribution in [0.2, 0.25) is 0 Å². The molecule has 2 N–H and O–H groups in total. The molecule has 1 aliphatic heterocycles. The Labute approximate surface area is 177 Å². The van der Waals surface area contributed by atoms with Crippen LogP contribution in [0.3, 0.4) is 0 Å². The van der Waals surface area contributed by atoms with Crippen LogP contribution in [-0.2, 0) is 0 Å². The third-order valence-electron chi connectivity index (χ3n) is 5.39. The second-order valence-corrected chi connectivity index (χ2v) is 7.83. The molecule has 1 aromatic heterocycles. The predicted molar refractivity (Wildman–Crippen MR) is 120 cm³/mol. The van der Waals surface area contributed by atoms with Crippen LogP contribution in [0.5, 0.6) is 0 Å². The van der Waals surface area contributed by atoms with Gasteiger partial charge < -0.3 is 15.5 Å². The van der Waals surface area contributed by atoms with Gasteiger partial charge >= 0.3 is 0 Å². The molecule has 1 aliphatic rings. The fourth-order valence-electron chi connectivity index (χ4n) is 3.55. The molecule has 0 aliphatic carbocycles. The molecule has 0 saturated carbocycles.